The SMILES string of the molecule is CCc1ccc(S(=O)(=O)NNC(=O)c2ccc(Cl)cc2)cc1. The second-order valence-electron chi connectivity index (χ2n) is 4.56. The van der Waals surface area contributed by atoms with Gasteiger partial charge in [-0.3, -0.25) is 10.2 Å². The van der Waals surface area contributed by atoms with Crippen LogP contribution in [-0.2, 0) is 16.4 Å². The third kappa shape index (κ3) is 4.07. The molecule has 0 fully saturated rings. The number of amides is 1. The number of aryl methyl sites for hydroxylation is 1. The van der Waals surface area contributed by atoms with Crippen LogP contribution in [0.3, 0.4) is 0 Å². The highest BCUT2D eigenvalue weighted by molar-refractivity contribution is 7.89. The Labute approximate surface area is 134 Å². The normalized spacial score (nSPS) is 11.2. The van der Waals surface area contributed by atoms with Crippen molar-refractivity contribution in [1.29, 1.82) is 0 Å². The van der Waals surface area contributed by atoms with E-state index in [0.717, 1.165) is 12.0 Å². The van der Waals surface area contributed by atoms with Gasteiger partial charge in [-0.25, -0.2) is 8.42 Å². The van der Waals surface area contributed by atoms with Crippen LogP contribution in [0.5, 0.6) is 0 Å². The van der Waals surface area contributed by atoms with Crippen molar-refractivity contribution in [2.45, 2.75) is 18.2 Å². The maximum atomic E-state index is 12.1. The van der Waals surface area contributed by atoms with E-state index in [1.807, 2.05) is 6.92 Å². The monoisotopic (exact) mass is 338 g/mol. The molecule has 0 aliphatic rings. The Morgan fingerprint density at radius 1 is 1.05 bits per heavy atom. The zero-order valence-corrected chi connectivity index (χ0v) is 13.4. The van der Waals surface area contributed by atoms with E-state index in [2.05, 4.69) is 10.3 Å². The number of hydrazine groups is 1. The second-order valence-corrected chi connectivity index (χ2v) is 6.68. The summed E-state index contributed by atoms with van der Waals surface area (Å²) in [5, 5.41) is 0.494. The van der Waals surface area contributed by atoms with E-state index in [-0.39, 0.29) is 4.90 Å². The number of sulfonamides is 1. The molecule has 0 radical (unpaired) electrons. The van der Waals surface area contributed by atoms with E-state index in [4.69, 9.17) is 11.6 Å². The first kappa shape index (κ1) is 16.5. The van der Waals surface area contributed by atoms with Gasteiger partial charge in [0.2, 0.25) is 0 Å². The molecule has 0 saturated heterocycles. The molecule has 0 heterocycles. The molecule has 0 saturated carbocycles. The highest BCUT2D eigenvalue weighted by atomic mass is 35.5. The maximum absolute atomic E-state index is 12.1. The van der Waals surface area contributed by atoms with Crippen LogP contribution in [0.2, 0.25) is 5.02 Å². The molecule has 1 amide bonds. The zero-order chi connectivity index (χ0) is 16.2. The van der Waals surface area contributed by atoms with E-state index in [0.29, 0.717) is 10.6 Å². The lowest BCUT2D eigenvalue weighted by atomic mass is 10.2. The summed E-state index contributed by atoms with van der Waals surface area (Å²) in [7, 11) is -3.80. The number of carbonyl (C=O) groups excluding carboxylic acids is 1. The molecule has 2 rings (SSSR count). The molecule has 0 aromatic heterocycles. The molecule has 7 heteroatoms. The molecule has 22 heavy (non-hydrogen) atoms. The average Bonchev–Trinajstić information content (AvgIpc) is 2.53. The van der Waals surface area contributed by atoms with Crippen molar-refractivity contribution in [3.63, 3.8) is 0 Å². The summed E-state index contributed by atoms with van der Waals surface area (Å²) in [6, 6.07) is 12.6. The van der Waals surface area contributed by atoms with Gasteiger partial charge in [0.25, 0.3) is 15.9 Å². The smallest absolute Gasteiger partial charge is 0.266 e. The lowest BCUT2D eigenvalue weighted by molar-refractivity contribution is 0.0945. The molecule has 5 nitrogen and oxygen atoms in total. The highest BCUT2D eigenvalue weighted by Crippen LogP contribution is 2.11. The number of hydrogen-bond donors (Lipinski definition) is 2. The Morgan fingerprint density at radius 3 is 2.18 bits per heavy atom. The molecular formula is C15H15ClN2O3S. The second kappa shape index (κ2) is 6.91. The number of halogens is 1. The van der Waals surface area contributed by atoms with Crippen molar-refractivity contribution < 1.29 is 13.2 Å². The number of nitrogens with one attached hydrogen (secondary N) is 2. The minimum Gasteiger partial charge on any atom is -0.273 e. The van der Waals surface area contributed by atoms with Gasteiger partial charge in [0.1, 0.15) is 0 Å². The summed E-state index contributed by atoms with van der Waals surface area (Å²) in [6.45, 7) is 1.98. The van der Waals surface area contributed by atoms with Crippen LogP contribution >= 0.6 is 11.6 Å². The standard InChI is InChI=1S/C15H15ClN2O3S/c1-2-11-3-9-14(10-4-11)22(20,21)18-17-15(19)12-5-7-13(16)8-6-12/h3-10,18H,2H2,1H3,(H,17,19). The largest absolute Gasteiger partial charge is 0.273 e. The van der Waals surface area contributed by atoms with Gasteiger partial charge in [0.15, 0.2) is 0 Å². The molecule has 2 N–H and O–H groups in total. The van der Waals surface area contributed by atoms with Crippen molar-refractivity contribution in [2.24, 2.45) is 0 Å². The third-order valence-corrected chi connectivity index (χ3v) is 4.56. The van der Waals surface area contributed by atoms with Crippen LogP contribution in [-0.4, -0.2) is 14.3 Å². The van der Waals surface area contributed by atoms with Crippen LogP contribution in [0, 0.1) is 0 Å². The van der Waals surface area contributed by atoms with Crippen molar-refractivity contribution >= 4 is 27.5 Å². The Morgan fingerprint density at radius 2 is 1.64 bits per heavy atom. The molecule has 0 unspecified atom stereocenters. The van der Waals surface area contributed by atoms with Crippen molar-refractivity contribution in [2.75, 3.05) is 0 Å². The predicted molar refractivity (Wildman–Crippen MR) is 85.1 cm³/mol. The molecule has 2 aromatic rings. The van der Waals surface area contributed by atoms with Gasteiger partial charge >= 0.3 is 0 Å². The zero-order valence-electron chi connectivity index (χ0n) is 11.8. The van der Waals surface area contributed by atoms with Gasteiger partial charge in [-0.1, -0.05) is 30.7 Å². The van der Waals surface area contributed by atoms with Crippen LogP contribution in [0.1, 0.15) is 22.8 Å². The molecule has 116 valence electrons. The lowest BCUT2D eigenvalue weighted by Gasteiger charge is -2.09. The average molecular weight is 339 g/mol. The van der Waals surface area contributed by atoms with Crippen LogP contribution in [0.25, 0.3) is 0 Å². The molecule has 0 bridgehead atoms. The van der Waals surface area contributed by atoms with Gasteiger partial charge in [0.05, 0.1) is 4.90 Å². The topological polar surface area (TPSA) is 75.3 Å². The Balaban J connectivity index is 2.05. The van der Waals surface area contributed by atoms with Gasteiger partial charge in [-0.2, -0.15) is 0 Å². The Kier molecular flexibility index (Phi) is 5.18. The lowest BCUT2D eigenvalue weighted by Crippen LogP contribution is -2.41. The fourth-order valence-corrected chi connectivity index (χ4v) is 2.72. The quantitative estimate of drug-likeness (QED) is 0.822. The van der Waals surface area contributed by atoms with E-state index in [1.165, 1.54) is 24.3 Å². The molecule has 0 atom stereocenters. The third-order valence-electron chi connectivity index (χ3n) is 3.05. The minimum atomic E-state index is -3.80. The summed E-state index contributed by atoms with van der Waals surface area (Å²) in [5.74, 6) is -0.564. The fraction of sp³-hybridized carbons (Fsp3) is 0.133. The highest BCUT2D eigenvalue weighted by Gasteiger charge is 2.15. The minimum absolute atomic E-state index is 0.0844. The van der Waals surface area contributed by atoms with Gasteiger partial charge in [0, 0.05) is 10.6 Å². The first-order valence-electron chi connectivity index (χ1n) is 6.59. The van der Waals surface area contributed by atoms with E-state index >= 15 is 0 Å². The van der Waals surface area contributed by atoms with Crippen LogP contribution < -0.4 is 10.3 Å². The summed E-state index contributed by atoms with van der Waals surface area (Å²) < 4.78 is 24.1. The summed E-state index contributed by atoms with van der Waals surface area (Å²) in [4.78, 5) is 14.0. The van der Waals surface area contributed by atoms with Crippen molar-refractivity contribution in [1.82, 2.24) is 10.3 Å². The Hall–Kier alpha value is -1.89. The van der Waals surface area contributed by atoms with Gasteiger partial charge < -0.3 is 0 Å². The van der Waals surface area contributed by atoms with E-state index in [1.54, 1.807) is 24.3 Å². The van der Waals surface area contributed by atoms with Gasteiger partial charge in [-0.05, 0) is 48.4 Å². The van der Waals surface area contributed by atoms with Crippen molar-refractivity contribution in [3.05, 3.63) is 64.7 Å². The van der Waals surface area contributed by atoms with Gasteiger partial charge in [-0.15, -0.1) is 4.83 Å². The number of hydrogen-bond acceptors (Lipinski definition) is 3. The maximum Gasteiger partial charge on any atom is 0.266 e. The fourth-order valence-electron chi connectivity index (χ4n) is 1.75. The van der Waals surface area contributed by atoms with Crippen molar-refractivity contribution in [3.8, 4) is 0 Å². The summed E-state index contributed by atoms with van der Waals surface area (Å²) >= 11 is 5.73. The Bertz CT molecular complexity index is 756. The van der Waals surface area contributed by atoms with E-state index < -0.39 is 15.9 Å². The van der Waals surface area contributed by atoms with Crippen LogP contribution in [0.4, 0.5) is 0 Å². The first-order valence-corrected chi connectivity index (χ1v) is 8.45. The van der Waals surface area contributed by atoms with Crippen LogP contribution in [0.15, 0.2) is 53.4 Å². The number of rotatable bonds is 5. The molecular weight excluding hydrogens is 324 g/mol. The molecule has 0 spiro atoms. The summed E-state index contributed by atoms with van der Waals surface area (Å²) in [5.41, 5.74) is 3.50. The number of carbonyl (C=O) groups is 1. The summed E-state index contributed by atoms with van der Waals surface area (Å²) in [6.07, 6.45) is 0.820. The molecule has 2 aromatic carbocycles. The first-order chi connectivity index (χ1) is 10.4. The molecule has 0 aliphatic heterocycles. The predicted octanol–water partition coefficient (Wildman–Crippen LogP) is 2.53. The van der Waals surface area contributed by atoms with E-state index in [9.17, 15) is 13.2 Å². The number of benzene rings is 2. The molecule has 0 aliphatic carbocycles.